The number of nitrogens with zero attached hydrogens (tertiary/aromatic N) is 2. The summed E-state index contributed by atoms with van der Waals surface area (Å²) in [6, 6.07) is 11.9. The van der Waals surface area contributed by atoms with Crippen LogP contribution in [0.5, 0.6) is 0 Å². The smallest absolute Gasteiger partial charge is 0.262 e. The minimum absolute atomic E-state index is 0.104. The van der Waals surface area contributed by atoms with Gasteiger partial charge in [0.2, 0.25) is 15.9 Å². The molecule has 9 heteroatoms. The zero-order valence-electron chi connectivity index (χ0n) is 16.2. The molecule has 3 rings (SSSR count). The number of carbonyl (C=O) groups is 3. The first-order valence-corrected chi connectivity index (χ1v) is 10.4. The lowest BCUT2D eigenvalue weighted by Crippen LogP contribution is -2.37. The van der Waals surface area contributed by atoms with Gasteiger partial charge in [-0.1, -0.05) is 12.1 Å². The Morgan fingerprint density at radius 3 is 2.00 bits per heavy atom. The molecule has 0 atom stereocenters. The van der Waals surface area contributed by atoms with E-state index in [1.807, 2.05) is 0 Å². The van der Waals surface area contributed by atoms with Crippen molar-refractivity contribution in [2.75, 3.05) is 18.9 Å². The van der Waals surface area contributed by atoms with Gasteiger partial charge in [-0.15, -0.1) is 0 Å². The molecule has 0 unspecified atom stereocenters. The van der Waals surface area contributed by atoms with Gasteiger partial charge in [-0.3, -0.25) is 19.3 Å². The fourth-order valence-corrected chi connectivity index (χ4v) is 4.25. The van der Waals surface area contributed by atoms with Crippen LogP contribution < -0.4 is 5.32 Å². The third-order valence-electron chi connectivity index (χ3n) is 4.72. The quantitative estimate of drug-likeness (QED) is 0.727. The van der Waals surface area contributed by atoms with Crippen LogP contribution in [0.3, 0.4) is 0 Å². The monoisotopic (exact) mass is 415 g/mol. The van der Waals surface area contributed by atoms with E-state index in [1.54, 1.807) is 38.1 Å². The van der Waals surface area contributed by atoms with Crippen molar-refractivity contribution < 1.29 is 22.8 Å². The van der Waals surface area contributed by atoms with Crippen LogP contribution in [-0.4, -0.2) is 55.0 Å². The summed E-state index contributed by atoms with van der Waals surface area (Å²) in [7, 11) is -2.13. The molecular formula is C20H21N3O5S. The molecule has 152 valence electrons. The van der Waals surface area contributed by atoms with Crippen molar-refractivity contribution in [3.05, 3.63) is 59.7 Å². The Kier molecular flexibility index (Phi) is 5.54. The molecule has 0 radical (unpaired) electrons. The fraction of sp³-hybridized carbons (Fsp3) is 0.250. The highest BCUT2D eigenvalue weighted by molar-refractivity contribution is 7.89. The van der Waals surface area contributed by atoms with Crippen molar-refractivity contribution in [2.24, 2.45) is 0 Å². The molecule has 8 nitrogen and oxygen atoms in total. The second-order valence-corrected chi connectivity index (χ2v) is 8.93. The highest BCUT2D eigenvalue weighted by Gasteiger charge is 2.36. The summed E-state index contributed by atoms with van der Waals surface area (Å²) >= 11 is 0. The van der Waals surface area contributed by atoms with Crippen molar-refractivity contribution in [3.63, 3.8) is 0 Å². The van der Waals surface area contributed by atoms with Crippen molar-refractivity contribution in [1.29, 1.82) is 0 Å². The predicted octanol–water partition coefficient (Wildman–Crippen LogP) is 1.95. The first-order valence-electron chi connectivity index (χ1n) is 8.96. The van der Waals surface area contributed by atoms with Gasteiger partial charge in [0.25, 0.3) is 11.8 Å². The van der Waals surface area contributed by atoms with Crippen LogP contribution in [0.4, 0.5) is 5.69 Å². The van der Waals surface area contributed by atoms with Gasteiger partial charge in [-0.2, -0.15) is 4.31 Å². The first kappa shape index (κ1) is 20.7. The van der Waals surface area contributed by atoms with Crippen LogP contribution >= 0.6 is 0 Å². The number of nitrogens with one attached hydrogen (secondary N) is 1. The lowest BCUT2D eigenvalue weighted by atomic mass is 10.1. The number of hydrogen-bond acceptors (Lipinski definition) is 5. The third kappa shape index (κ3) is 3.92. The second-order valence-electron chi connectivity index (χ2n) is 6.93. The summed E-state index contributed by atoms with van der Waals surface area (Å²) < 4.78 is 26.2. The Morgan fingerprint density at radius 1 is 1.00 bits per heavy atom. The van der Waals surface area contributed by atoms with E-state index in [2.05, 4.69) is 5.32 Å². The number of amides is 3. The van der Waals surface area contributed by atoms with Gasteiger partial charge in [0.15, 0.2) is 0 Å². The van der Waals surface area contributed by atoms with E-state index >= 15 is 0 Å². The lowest BCUT2D eigenvalue weighted by Gasteiger charge is -2.21. The van der Waals surface area contributed by atoms with Gasteiger partial charge in [-0.25, -0.2) is 8.42 Å². The van der Waals surface area contributed by atoms with E-state index in [0.29, 0.717) is 5.69 Å². The van der Waals surface area contributed by atoms with Gasteiger partial charge in [0.05, 0.1) is 16.0 Å². The molecule has 0 fully saturated rings. The number of benzene rings is 2. The summed E-state index contributed by atoms with van der Waals surface area (Å²) in [6.07, 6.45) is 0. The minimum Gasteiger partial charge on any atom is -0.325 e. The molecule has 29 heavy (non-hydrogen) atoms. The van der Waals surface area contributed by atoms with E-state index in [0.717, 1.165) is 4.90 Å². The molecule has 1 heterocycles. The number of carbonyl (C=O) groups excluding carboxylic acids is 3. The maximum atomic E-state index is 12.5. The molecule has 0 saturated carbocycles. The van der Waals surface area contributed by atoms with E-state index in [9.17, 15) is 22.8 Å². The molecule has 1 aliphatic heterocycles. The van der Waals surface area contributed by atoms with E-state index in [1.165, 1.54) is 35.6 Å². The molecule has 0 aromatic heterocycles. The number of sulfonamides is 1. The zero-order valence-corrected chi connectivity index (χ0v) is 17.1. The highest BCUT2D eigenvalue weighted by Crippen LogP contribution is 2.23. The summed E-state index contributed by atoms with van der Waals surface area (Å²) in [5, 5.41) is 2.57. The average Bonchev–Trinajstić information content (AvgIpc) is 2.93. The van der Waals surface area contributed by atoms with Crippen molar-refractivity contribution in [2.45, 2.75) is 24.8 Å². The molecule has 3 amide bonds. The molecular weight excluding hydrogens is 394 g/mol. The number of anilines is 1. The molecule has 1 N–H and O–H groups in total. The van der Waals surface area contributed by atoms with Crippen LogP contribution in [0.15, 0.2) is 53.4 Å². The Bertz CT molecular complexity index is 1040. The summed E-state index contributed by atoms with van der Waals surface area (Å²) in [4.78, 5) is 37.9. The fourth-order valence-electron chi connectivity index (χ4n) is 2.88. The third-order valence-corrected chi connectivity index (χ3v) is 6.77. The van der Waals surface area contributed by atoms with Gasteiger partial charge < -0.3 is 5.32 Å². The maximum Gasteiger partial charge on any atom is 0.262 e. The minimum atomic E-state index is -3.62. The second kappa shape index (κ2) is 7.76. The Hall–Kier alpha value is -3.04. The first-order chi connectivity index (χ1) is 13.6. The normalized spacial score (nSPS) is 13.9. The van der Waals surface area contributed by atoms with Crippen molar-refractivity contribution in [1.82, 2.24) is 9.21 Å². The topological polar surface area (TPSA) is 104 Å². The highest BCUT2D eigenvalue weighted by atomic mass is 32.2. The van der Waals surface area contributed by atoms with Crippen LogP contribution in [0.25, 0.3) is 0 Å². The van der Waals surface area contributed by atoms with Crippen LogP contribution in [0, 0.1) is 0 Å². The number of fused-ring (bicyclic) bond motifs is 1. The van der Waals surface area contributed by atoms with Crippen LogP contribution in [-0.2, 0) is 14.8 Å². The van der Waals surface area contributed by atoms with E-state index < -0.39 is 34.3 Å². The van der Waals surface area contributed by atoms with Crippen LogP contribution in [0.1, 0.15) is 34.6 Å². The lowest BCUT2D eigenvalue weighted by molar-refractivity contribution is -0.116. The van der Waals surface area contributed by atoms with Gasteiger partial charge in [0.1, 0.15) is 6.54 Å². The van der Waals surface area contributed by atoms with Crippen molar-refractivity contribution >= 4 is 33.4 Å². The van der Waals surface area contributed by atoms with Gasteiger partial charge in [0, 0.05) is 18.8 Å². The molecule has 2 aromatic carbocycles. The molecule has 0 aliphatic carbocycles. The van der Waals surface area contributed by atoms with Gasteiger partial charge >= 0.3 is 0 Å². The standard InChI is InChI=1S/C20H21N3O5S/c1-13(2)22(3)29(27,28)15-10-8-14(9-11-15)21-18(24)12-23-19(25)16-6-4-5-7-17(16)20(23)26/h4-11,13H,12H2,1-3H3,(H,21,24). The summed E-state index contributed by atoms with van der Waals surface area (Å²) in [5.74, 6) is -1.59. The molecule has 2 aromatic rings. The van der Waals surface area contributed by atoms with E-state index in [4.69, 9.17) is 0 Å². The molecule has 0 spiro atoms. The maximum absolute atomic E-state index is 12.5. The van der Waals surface area contributed by atoms with Crippen LogP contribution in [0.2, 0.25) is 0 Å². The molecule has 0 saturated heterocycles. The summed E-state index contributed by atoms with van der Waals surface area (Å²) in [5.41, 5.74) is 0.904. The van der Waals surface area contributed by atoms with E-state index in [-0.39, 0.29) is 22.1 Å². The van der Waals surface area contributed by atoms with Gasteiger partial charge in [-0.05, 0) is 50.2 Å². The largest absolute Gasteiger partial charge is 0.325 e. The molecule has 0 bridgehead atoms. The Morgan fingerprint density at radius 2 is 1.52 bits per heavy atom. The Balaban J connectivity index is 1.68. The van der Waals surface area contributed by atoms with Crippen molar-refractivity contribution in [3.8, 4) is 0 Å². The predicted molar refractivity (Wildman–Crippen MR) is 107 cm³/mol. The number of imide groups is 1. The Labute approximate surface area is 169 Å². The SMILES string of the molecule is CC(C)N(C)S(=O)(=O)c1ccc(NC(=O)CN2C(=O)c3ccccc3C2=O)cc1. The number of hydrogen-bond donors (Lipinski definition) is 1. The average molecular weight is 415 g/mol. The number of rotatable bonds is 6. The summed E-state index contributed by atoms with van der Waals surface area (Å²) in [6.45, 7) is 3.11. The zero-order chi connectivity index (χ0) is 21.3. The molecule has 1 aliphatic rings.